The topological polar surface area (TPSA) is 144 Å². The van der Waals surface area contributed by atoms with Crippen LogP contribution in [0.3, 0.4) is 0 Å². The van der Waals surface area contributed by atoms with E-state index >= 15 is 0 Å². The van der Waals surface area contributed by atoms with Gasteiger partial charge in [-0.1, -0.05) is 16.4 Å². The number of hydroxylamine groups is 1. The number of amides is 1. The van der Waals surface area contributed by atoms with Gasteiger partial charge in [0.05, 0.1) is 10.6 Å². The fraction of sp³-hybridized carbons (Fsp3) is 0.235. The lowest BCUT2D eigenvalue weighted by Crippen LogP contribution is -2.44. The fourth-order valence-corrected chi connectivity index (χ4v) is 4.59. The monoisotopic (exact) mass is 487 g/mol. The summed E-state index contributed by atoms with van der Waals surface area (Å²) in [6.07, 6.45) is -0.975. The molecule has 11 nitrogen and oxygen atoms in total. The highest BCUT2D eigenvalue weighted by atomic mass is 35.5. The standard InChI is InChI=1S/C17H14ClN3O8S2/c18-16-19-10(8-30-16)7-27-11-1-3-12(4-2-11)31(25,26)20-21(24)15(22)9-5-13-14(6-9)29-17(23)28-13/h1-5,8,13-14,20,24H,6-7H2. The van der Waals surface area contributed by atoms with E-state index in [1.165, 1.54) is 41.7 Å². The van der Waals surface area contributed by atoms with Crippen molar-refractivity contribution < 1.29 is 37.4 Å². The van der Waals surface area contributed by atoms with Crippen LogP contribution in [-0.2, 0) is 30.9 Å². The van der Waals surface area contributed by atoms with Gasteiger partial charge in [-0.05, 0) is 30.3 Å². The molecule has 2 atom stereocenters. The van der Waals surface area contributed by atoms with Crippen LogP contribution in [0.5, 0.6) is 5.75 Å². The Labute approximate surface area is 184 Å². The molecule has 0 saturated carbocycles. The molecule has 0 spiro atoms. The van der Waals surface area contributed by atoms with Gasteiger partial charge < -0.3 is 14.2 Å². The summed E-state index contributed by atoms with van der Waals surface area (Å²) >= 11 is 7.01. The van der Waals surface area contributed by atoms with Gasteiger partial charge in [0.15, 0.2) is 16.7 Å². The maximum Gasteiger partial charge on any atom is 0.509 e. The molecular weight excluding hydrogens is 474 g/mol. The summed E-state index contributed by atoms with van der Waals surface area (Å²) < 4.78 is 40.5. The highest BCUT2D eigenvalue weighted by Crippen LogP contribution is 2.30. The van der Waals surface area contributed by atoms with Crippen molar-refractivity contribution in [3.8, 4) is 5.75 Å². The normalized spacial score (nSPS) is 19.9. The molecule has 2 N–H and O–H groups in total. The molecule has 1 aromatic heterocycles. The van der Waals surface area contributed by atoms with Crippen LogP contribution in [0, 0.1) is 0 Å². The number of thiazole rings is 1. The Kier molecular flexibility index (Phi) is 5.85. The second kappa shape index (κ2) is 8.43. The molecule has 2 aromatic rings. The van der Waals surface area contributed by atoms with Crippen molar-refractivity contribution in [1.82, 2.24) is 15.0 Å². The first-order valence-corrected chi connectivity index (χ1v) is 11.4. The number of halogens is 1. The molecule has 1 aliphatic carbocycles. The third-order valence-corrected chi connectivity index (χ3v) is 6.68. The zero-order valence-corrected chi connectivity index (χ0v) is 17.8. The third-order valence-electron chi connectivity index (χ3n) is 4.35. The number of carbonyl (C=O) groups excluding carboxylic acids is 2. The number of nitrogens with one attached hydrogen (secondary N) is 1. The van der Waals surface area contributed by atoms with Crippen LogP contribution >= 0.6 is 22.9 Å². The number of hydrogen-bond donors (Lipinski definition) is 2. The average molecular weight is 488 g/mol. The molecule has 1 aromatic carbocycles. The van der Waals surface area contributed by atoms with Gasteiger partial charge in [-0.2, -0.15) is 0 Å². The quantitative estimate of drug-likeness (QED) is 0.340. The number of benzene rings is 1. The minimum Gasteiger partial charge on any atom is -0.487 e. The number of fused-ring (bicyclic) bond motifs is 1. The van der Waals surface area contributed by atoms with Crippen LogP contribution in [0.15, 0.2) is 46.2 Å². The van der Waals surface area contributed by atoms with E-state index < -0.39 is 34.3 Å². The maximum atomic E-state index is 12.5. The number of hydrogen-bond acceptors (Lipinski definition) is 10. The predicted molar refractivity (Wildman–Crippen MR) is 105 cm³/mol. The summed E-state index contributed by atoms with van der Waals surface area (Å²) in [4.78, 5) is 28.9. The molecule has 1 saturated heterocycles. The molecule has 2 unspecified atom stereocenters. The molecule has 31 heavy (non-hydrogen) atoms. The number of carbonyl (C=O) groups is 2. The lowest BCUT2D eigenvalue weighted by atomic mass is 10.2. The van der Waals surface area contributed by atoms with E-state index in [0.717, 1.165) is 0 Å². The molecule has 1 aliphatic heterocycles. The van der Waals surface area contributed by atoms with E-state index in [1.54, 1.807) is 10.2 Å². The molecule has 2 heterocycles. The number of aromatic nitrogens is 1. The molecular formula is C17H14ClN3O8S2. The first-order chi connectivity index (χ1) is 14.7. The summed E-state index contributed by atoms with van der Waals surface area (Å²) in [5, 5.41) is 11.5. The molecule has 1 fully saturated rings. The number of nitrogens with zero attached hydrogens (tertiary/aromatic N) is 2. The van der Waals surface area contributed by atoms with E-state index in [-0.39, 0.29) is 28.7 Å². The smallest absolute Gasteiger partial charge is 0.487 e. The number of hydrazine groups is 1. The number of ether oxygens (including phenoxy) is 3. The van der Waals surface area contributed by atoms with Crippen LogP contribution in [0.25, 0.3) is 0 Å². The van der Waals surface area contributed by atoms with Gasteiger partial charge in [0, 0.05) is 17.4 Å². The zero-order chi connectivity index (χ0) is 22.2. The molecule has 14 heteroatoms. The highest BCUT2D eigenvalue weighted by Gasteiger charge is 2.43. The van der Waals surface area contributed by atoms with Crippen LogP contribution in [-0.4, -0.2) is 48.1 Å². The van der Waals surface area contributed by atoms with Crippen molar-refractivity contribution in [3.05, 3.63) is 51.5 Å². The summed E-state index contributed by atoms with van der Waals surface area (Å²) in [5.74, 6) is -0.628. The fourth-order valence-electron chi connectivity index (χ4n) is 2.91. The summed E-state index contributed by atoms with van der Waals surface area (Å²) in [6, 6.07) is 5.32. The number of rotatable bonds is 7. The second-order valence-electron chi connectivity index (χ2n) is 6.45. The van der Waals surface area contributed by atoms with Crippen LogP contribution < -0.4 is 9.57 Å². The van der Waals surface area contributed by atoms with E-state index in [1.807, 2.05) is 0 Å². The molecule has 0 radical (unpaired) electrons. The molecule has 164 valence electrons. The average Bonchev–Trinajstić information content (AvgIpc) is 3.40. The lowest BCUT2D eigenvalue weighted by molar-refractivity contribution is -0.167. The molecule has 1 amide bonds. The summed E-state index contributed by atoms with van der Waals surface area (Å²) in [5.41, 5.74) is 0.673. The molecule has 4 rings (SSSR count). The van der Waals surface area contributed by atoms with Crippen LogP contribution in [0.4, 0.5) is 4.79 Å². The Hall–Kier alpha value is -2.71. The molecule has 2 aliphatic rings. The van der Waals surface area contributed by atoms with Crippen molar-refractivity contribution in [1.29, 1.82) is 0 Å². The van der Waals surface area contributed by atoms with E-state index in [2.05, 4.69) is 4.98 Å². The summed E-state index contributed by atoms with van der Waals surface area (Å²) in [7, 11) is -4.26. The SMILES string of the molecule is O=C1OC2C=C(C(=O)N(O)NS(=O)(=O)c3ccc(OCc4csc(Cl)n4)cc3)CC2O1. The van der Waals surface area contributed by atoms with Crippen molar-refractivity contribution in [3.63, 3.8) is 0 Å². The largest absolute Gasteiger partial charge is 0.509 e. The van der Waals surface area contributed by atoms with Gasteiger partial charge in [-0.3, -0.25) is 10.0 Å². The van der Waals surface area contributed by atoms with E-state index in [0.29, 0.717) is 15.9 Å². The predicted octanol–water partition coefficient (Wildman–Crippen LogP) is 2.02. The van der Waals surface area contributed by atoms with Gasteiger partial charge in [-0.25, -0.2) is 18.2 Å². The van der Waals surface area contributed by atoms with Crippen molar-refractivity contribution in [2.75, 3.05) is 0 Å². The minimum absolute atomic E-state index is 0.00966. The van der Waals surface area contributed by atoms with Crippen molar-refractivity contribution in [2.24, 2.45) is 0 Å². The molecule has 0 bridgehead atoms. The minimum atomic E-state index is -4.26. The van der Waals surface area contributed by atoms with E-state index in [4.69, 9.17) is 25.8 Å². The van der Waals surface area contributed by atoms with Gasteiger partial charge in [0.25, 0.3) is 15.9 Å². The van der Waals surface area contributed by atoms with Crippen molar-refractivity contribution >= 4 is 45.0 Å². The van der Waals surface area contributed by atoms with E-state index in [9.17, 15) is 23.2 Å². The lowest BCUT2D eigenvalue weighted by Gasteiger charge is -2.17. The van der Waals surface area contributed by atoms with Crippen LogP contribution in [0.2, 0.25) is 4.47 Å². The highest BCUT2D eigenvalue weighted by molar-refractivity contribution is 7.89. The Morgan fingerprint density at radius 2 is 2.10 bits per heavy atom. The van der Waals surface area contributed by atoms with Gasteiger partial charge in [0.1, 0.15) is 12.4 Å². The first kappa shape index (κ1) is 21.5. The van der Waals surface area contributed by atoms with Crippen LogP contribution in [0.1, 0.15) is 12.1 Å². The van der Waals surface area contributed by atoms with Crippen molar-refractivity contribution in [2.45, 2.75) is 30.1 Å². The Morgan fingerprint density at radius 3 is 2.74 bits per heavy atom. The Balaban J connectivity index is 1.36. The van der Waals surface area contributed by atoms with Gasteiger partial charge in [-0.15, -0.1) is 16.5 Å². The zero-order valence-electron chi connectivity index (χ0n) is 15.4. The number of sulfonamides is 1. The van der Waals surface area contributed by atoms with Gasteiger partial charge >= 0.3 is 6.16 Å². The first-order valence-electron chi connectivity index (χ1n) is 8.68. The summed E-state index contributed by atoms with van der Waals surface area (Å²) in [6.45, 7) is 0.155. The second-order valence-corrected chi connectivity index (χ2v) is 9.55. The van der Waals surface area contributed by atoms with Gasteiger partial charge in [0.2, 0.25) is 0 Å². The third kappa shape index (κ3) is 4.80. The Bertz CT molecular complexity index is 1150. The maximum absolute atomic E-state index is 12.5. The Morgan fingerprint density at radius 1 is 1.35 bits per heavy atom.